The van der Waals surface area contributed by atoms with Gasteiger partial charge < -0.3 is 44.0 Å². The van der Waals surface area contributed by atoms with E-state index >= 15 is 0 Å². The van der Waals surface area contributed by atoms with Gasteiger partial charge in [-0.05, 0) is 22.3 Å². The first-order valence-corrected chi connectivity index (χ1v) is 13.1. The molecule has 0 saturated carbocycles. The van der Waals surface area contributed by atoms with Gasteiger partial charge in [0.05, 0.1) is 25.4 Å². The molecule has 2 aromatic carbocycles. The number of aliphatic hydroxyl groups is 3. The van der Waals surface area contributed by atoms with Gasteiger partial charge in [-0.2, -0.15) is 0 Å². The molecule has 0 amide bonds. The van der Waals surface area contributed by atoms with Gasteiger partial charge >= 0.3 is 118 Å². The standard InChI is InChI=1S/C20H29NO9P2.4Na/c22-13-20(14-23,15-24)21(9-16-1-5-18(6-2-16)11-31(25,26)27)10-17-3-7-19(8-4-17)12-32(28,29)30;;;;/h1-8,22-24H,9-15H2,(H2,25,26,27)(H2,28,29,30);;;;/q;4*+1/p-4. The van der Waals surface area contributed by atoms with E-state index in [4.69, 9.17) is 0 Å². The van der Waals surface area contributed by atoms with E-state index < -0.39 is 52.9 Å². The van der Waals surface area contributed by atoms with Crippen molar-refractivity contribution in [2.24, 2.45) is 0 Å². The Balaban J connectivity index is -0.00000272. The van der Waals surface area contributed by atoms with E-state index in [1.165, 1.54) is 24.3 Å². The van der Waals surface area contributed by atoms with E-state index in [9.17, 15) is 44.0 Å². The van der Waals surface area contributed by atoms with E-state index in [-0.39, 0.29) is 131 Å². The molecule has 0 spiro atoms. The van der Waals surface area contributed by atoms with Gasteiger partial charge in [-0.25, -0.2) is 0 Å². The molecule has 3 N–H and O–H groups in total. The Morgan fingerprint density at radius 1 is 0.583 bits per heavy atom. The maximum atomic E-state index is 10.9. The third-order valence-electron chi connectivity index (χ3n) is 5.10. The molecule has 0 aromatic heterocycles. The second kappa shape index (κ2) is 19.7. The van der Waals surface area contributed by atoms with Crippen molar-refractivity contribution in [2.45, 2.75) is 31.0 Å². The summed E-state index contributed by atoms with van der Waals surface area (Å²) in [6.07, 6.45) is -1.23. The maximum absolute atomic E-state index is 10.9. The molecular weight excluding hydrogens is 552 g/mol. The van der Waals surface area contributed by atoms with Crippen LogP contribution in [0.4, 0.5) is 0 Å². The zero-order valence-electron chi connectivity index (χ0n) is 21.2. The molecule has 0 fully saturated rings. The molecular formula is C20H25NNa4O9P2. The number of benzene rings is 2. The summed E-state index contributed by atoms with van der Waals surface area (Å²) in [4.78, 5) is 45.4. The van der Waals surface area contributed by atoms with Crippen LogP contribution in [0, 0.1) is 0 Å². The molecule has 0 aliphatic heterocycles. The smallest absolute Gasteiger partial charge is 0.810 e. The Labute approximate surface area is 299 Å². The minimum absolute atomic E-state index is 0. The van der Waals surface area contributed by atoms with Gasteiger partial charge in [0.2, 0.25) is 0 Å². The van der Waals surface area contributed by atoms with E-state index in [0.717, 1.165) is 0 Å². The molecule has 178 valence electrons. The third kappa shape index (κ3) is 15.0. The van der Waals surface area contributed by atoms with Crippen LogP contribution in [-0.4, -0.2) is 45.6 Å². The Kier molecular flexibility index (Phi) is 23.5. The molecule has 0 atom stereocenters. The molecule has 0 bridgehead atoms. The fourth-order valence-corrected chi connectivity index (χ4v) is 4.55. The monoisotopic (exact) mass is 577 g/mol. The third-order valence-corrected chi connectivity index (χ3v) is 6.60. The summed E-state index contributed by atoms with van der Waals surface area (Å²) in [6.45, 7) is -1.34. The molecule has 0 radical (unpaired) electrons. The fraction of sp³-hybridized carbons (Fsp3) is 0.400. The van der Waals surface area contributed by atoms with Crippen LogP contribution in [-0.2, 0) is 34.5 Å². The van der Waals surface area contributed by atoms with Crippen molar-refractivity contribution in [1.29, 1.82) is 0 Å². The van der Waals surface area contributed by atoms with E-state index in [0.29, 0.717) is 22.3 Å². The van der Waals surface area contributed by atoms with Crippen molar-refractivity contribution >= 4 is 15.2 Å². The van der Waals surface area contributed by atoms with Gasteiger partial charge in [-0.15, -0.1) is 0 Å². The topological polar surface area (TPSA) is 190 Å². The molecule has 0 aliphatic rings. The van der Waals surface area contributed by atoms with Crippen LogP contribution in [0.1, 0.15) is 22.3 Å². The first-order valence-electron chi connectivity index (χ1n) is 9.65. The van der Waals surface area contributed by atoms with Crippen LogP contribution in [0.5, 0.6) is 0 Å². The Morgan fingerprint density at radius 2 is 0.833 bits per heavy atom. The summed E-state index contributed by atoms with van der Waals surface area (Å²) in [5, 5.41) is 29.7. The molecule has 16 heteroatoms. The van der Waals surface area contributed by atoms with Gasteiger partial charge in [0.1, 0.15) is 0 Å². The normalized spacial score (nSPS) is 11.6. The first kappa shape index (κ1) is 43.0. The summed E-state index contributed by atoms with van der Waals surface area (Å²) in [5.74, 6) is 0. The number of nitrogens with zero attached hydrogens (tertiary/aromatic N) is 1. The summed E-state index contributed by atoms with van der Waals surface area (Å²) in [5.41, 5.74) is 0.634. The Bertz CT molecular complexity index is 890. The second-order valence-electron chi connectivity index (χ2n) is 7.73. The minimum atomic E-state index is -4.70. The summed E-state index contributed by atoms with van der Waals surface area (Å²) in [7, 11) is -9.40. The van der Waals surface area contributed by atoms with Gasteiger partial charge in [0.25, 0.3) is 0 Å². The van der Waals surface area contributed by atoms with Crippen molar-refractivity contribution in [3.63, 3.8) is 0 Å². The number of hydrogen-bond acceptors (Lipinski definition) is 10. The SMILES string of the molecule is O=P([O-])([O-])Cc1ccc(CN(Cc2ccc(CP(=O)([O-])[O-])cc2)C(CO)(CO)CO)cc1.[Na+].[Na+].[Na+].[Na+]. The zero-order chi connectivity index (χ0) is 24.0. The molecule has 0 unspecified atom stereocenters. The minimum Gasteiger partial charge on any atom is -0.810 e. The van der Waals surface area contributed by atoms with Crippen LogP contribution >= 0.6 is 15.2 Å². The number of rotatable bonds is 12. The Hall–Kier alpha value is 2.58. The van der Waals surface area contributed by atoms with Crippen molar-refractivity contribution in [3.05, 3.63) is 70.8 Å². The molecule has 0 saturated heterocycles. The number of hydrogen-bond donors (Lipinski definition) is 3. The summed E-state index contributed by atoms with van der Waals surface area (Å²) < 4.78 is 21.9. The average Bonchev–Trinajstić information content (AvgIpc) is 2.70. The fourth-order valence-electron chi connectivity index (χ4n) is 3.23. The molecule has 36 heavy (non-hydrogen) atoms. The molecule has 2 rings (SSSR count). The van der Waals surface area contributed by atoms with Crippen LogP contribution in [0.2, 0.25) is 0 Å². The van der Waals surface area contributed by atoms with E-state index in [1.807, 2.05) is 0 Å². The largest absolute Gasteiger partial charge is 1.00 e. The van der Waals surface area contributed by atoms with Crippen LogP contribution in [0.15, 0.2) is 48.5 Å². The van der Waals surface area contributed by atoms with Crippen molar-refractivity contribution < 1.29 is 162 Å². The van der Waals surface area contributed by atoms with Gasteiger partial charge in [0, 0.05) is 25.4 Å². The van der Waals surface area contributed by atoms with Crippen LogP contribution < -0.4 is 138 Å². The van der Waals surface area contributed by atoms with Gasteiger partial charge in [-0.1, -0.05) is 63.7 Å². The molecule has 10 nitrogen and oxygen atoms in total. The van der Waals surface area contributed by atoms with Crippen LogP contribution in [0.25, 0.3) is 0 Å². The van der Waals surface area contributed by atoms with E-state index in [1.54, 1.807) is 29.2 Å². The second-order valence-corrected chi connectivity index (χ2v) is 10.8. The summed E-state index contributed by atoms with van der Waals surface area (Å²) >= 11 is 0. The number of aliphatic hydroxyl groups excluding tert-OH is 3. The molecule has 2 aromatic rings. The zero-order valence-corrected chi connectivity index (χ0v) is 31.0. The van der Waals surface area contributed by atoms with Crippen molar-refractivity contribution in [2.75, 3.05) is 19.8 Å². The first-order chi connectivity index (χ1) is 14.9. The summed E-state index contributed by atoms with van der Waals surface area (Å²) in [6, 6.07) is 12.4. The predicted octanol–water partition coefficient (Wildman–Crippen LogP) is -13.8. The average molecular weight is 577 g/mol. The maximum Gasteiger partial charge on any atom is 1.00 e. The van der Waals surface area contributed by atoms with E-state index in [2.05, 4.69) is 0 Å². The van der Waals surface area contributed by atoms with Crippen LogP contribution in [0.3, 0.4) is 0 Å². The quantitative estimate of drug-likeness (QED) is 0.161. The molecule has 0 aliphatic carbocycles. The van der Waals surface area contributed by atoms with Gasteiger partial charge in [0.15, 0.2) is 0 Å². The predicted molar refractivity (Wildman–Crippen MR) is 109 cm³/mol. The van der Waals surface area contributed by atoms with Crippen molar-refractivity contribution in [1.82, 2.24) is 4.90 Å². The Morgan fingerprint density at radius 3 is 1.06 bits per heavy atom. The van der Waals surface area contributed by atoms with Crippen molar-refractivity contribution in [3.8, 4) is 0 Å². The van der Waals surface area contributed by atoms with Gasteiger partial charge in [-0.3, -0.25) is 4.90 Å². The molecule has 0 heterocycles.